The molecule has 6 heteroatoms. The molecule has 2 N–H and O–H groups in total. The topological polar surface area (TPSA) is 58.8 Å². The van der Waals surface area contributed by atoms with Crippen molar-refractivity contribution in [1.82, 2.24) is 4.90 Å². The molecule has 0 unspecified atom stereocenters. The Balaban J connectivity index is 2.22. The Morgan fingerprint density at radius 1 is 1.38 bits per heavy atom. The molecule has 0 aromatic heterocycles. The van der Waals surface area contributed by atoms with Crippen LogP contribution in [0.1, 0.15) is 23.2 Å². The van der Waals surface area contributed by atoms with Gasteiger partial charge in [-0.15, -0.1) is 0 Å². The number of carbonyl (C=O) groups excluding carboxylic acids is 1. The predicted molar refractivity (Wildman–Crippen MR) is 81.1 cm³/mol. The first-order valence-electron chi connectivity index (χ1n) is 7.02. The van der Waals surface area contributed by atoms with Gasteiger partial charge in [0.1, 0.15) is 5.82 Å². The molecule has 21 heavy (non-hydrogen) atoms. The Hall–Kier alpha value is -1.82. The van der Waals surface area contributed by atoms with Crippen molar-refractivity contribution in [1.29, 1.82) is 0 Å². The van der Waals surface area contributed by atoms with E-state index < -0.39 is 11.8 Å². The largest absolute Gasteiger partial charge is 0.465 e. The molecule has 116 valence electrons. The number of nitrogens with two attached hydrogens (primary N) is 1. The number of anilines is 2. The van der Waals surface area contributed by atoms with E-state index in [1.54, 1.807) is 0 Å². The average molecular weight is 295 g/mol. The second-order valence-corrected chi connectivity index (χ2v) is 5.56. The first kappa shape index (κ1) is 15.6. The second-order valence-electron chi connectivity index (χ2n) is 5.56. The van der Waals surface area contributed by atoms with Gasteiger partial charge in [0.25, 0.3) is 0 Å². The first-order valence-corrected chi connectivity index (χ1v) is 7.02. The Morgan fingerprint density at radius 2 is 2.00 bits per heavy atom. The van der Waals surface area contributed by atoms with Crippen LogP contribution in [0.15, 0.2) is 12.1 Å². The fourth-order valence-corrected chi connectivity index (χ4v) is 2.73. The van der Waals surface area contributed by atoms with E-state index in [1.165, 1.54) is 19.2 Å². The summed E-state index contributed by atoms with van der Waals surface area (Å²) in [4.78, 5) is 15.8. The summed E-state index contributed by atoms with van der Waals surface area (Å²) in [5.74, 6) is -0.944. The molecule has 0 radical (unpaired) electrons. The molecule has 0 bridgehead atoms. The number of halogens is 1. The van der Waals surface area contributed by atoms with Gasteiger partial charge in [-0.05, 0) is 39.1 Å². The lowest BCUT2D eigenvalue weighted by Crippen LogP contribution is -2.42. The molecule has 5 nitrogen and oxygen atoms in total. The highest BCUT2D eigenvalue weighted by molar-refractivity contribution is 5.96. The Kier molecular flexibility index (Phi) is 4.67. The van der Waals surface area contributed by atoms with Gasteiger partial charge in [0.15, 0.2) is 0 Å². The second kappa shape index (κ2) is 6.30. The van der Waals surface area contributed by atoms with Crippen LogP contribution >= 0.6 is 0 Å². The van der Waals surface area contributed by atoms with Gasteiger partial charge in [-0.1, -0.05) is 0 Å². The maximum Gasteiger partial charge on any atom is 0.340 e. The molecule has 2 rings (SSSR count). The van der Waals surface area contributed by atoms with Gasteiger partial charge in [0.2, 0.25) is 0 Å². The zero-order chi connectivity index (χ0) is 15.6. The van der Waals surface area contributed by atoms with Crippen molar-refractivity contribution in [3.63, 3.8) is 0 Å². The number of ether oxygens (including phenoxy) is 1. The summed E-state index contributed by atoms with van der Waals surface area (Å²) in [5, 5.41) is 0. The number of rotatable bonds is 3. The Morgan fingerprint density at radius 3 is 2.52 bits per heavy atom. The van der Waals surface area contributed by atoms with Crippen LogP contribution in [-0.2, 0) is 4.74 Å². The minimum Gasteiger partial charge on any atom is -0.465 e. The summed E-state index contributed by atoms with van der Waals surface area (Å²) < 4.78 is 18.8. The number of benzene rings is 1. The van der Waals surface area contributed by atoms with Gasteiger partial charge in [0.05, 0.1) is 18.4 Å². The van der Waals surface area contributed by atoms with E-state index in [0.717, 1.165) is 25.9 Å². The molecular weight excluding hydrogens is 273 g/mol. The van der Waals surface area contributed by atoms with Crippen LogP contribution in [-0.4, -0.2) is 51.2 Å². The Bertz CT molecular complexity index is 526. The maximum atomic E-state index is 14.2. The molecule has 0 aliphatic carbocycles. The standard InChI is InChI=1S/C15H22FN3O2/c1-18(2)10-4-6-19(7-5-10)14-8-11(15(20)21-3)13(17)9-12(14)16/h8-10H,4-7,17H2,1-3H3. The summed E-state index contributed by atoms with van der Waals surface area (Å²) >= 11 is 0. The summed E-state index contributed by atoms with van der Waals surface area (Å²) in [6.07, 6.45) is 1.93. The normalized spacial score (nSPS) is 16.3. The van der Waals surface area contributed by atoms with Crippen LogP contribution in [0.5, 0.6) is 0 Å². The van der Waals surface area contributed by atoms with Crippen LogP contribution in [0.25, 0.3) is 0 Å². The predicted octanol–water partition coefficient (Wildman–Crippen LogP) is 1.72. The number of piperidine rings is 1. The molecule has 1 aromatic rings. The highest BCUT2D eigenvalue weighted by atomic mass is 19.1. The van der Waals surface area contributed by atoms with Crippen LogP contribution in [0.3, 0.4) is 0 Å². The van der Waals surface area contributed by atoms with Crippen molar-refractivity contribution < 1.29 is 13.9 Å². The third kappa shape index (κ3) is 3.26. The smallest absolute Gasteiger partial charge is 0.340 e. The monoisotopic (exact) mass is 295 g/mol. The number of carbonyl (C=O) groups is 1. The lowest BCUT2D eigenvalue weighted by molar-refractivity contribution is 0.0602. The fraction of sp³-hybridized carbons (Fsp3) is 0.533. The van der Waals surface area contributed by atoms with Gasteiger partial charge in [-0.25, -0.2) is 9.18 Å². The van der Waals surface area contributed by atoms with Gasteiger partial charge in [0, 0.05) is 24.8 Å². The molecular formula is C15H22FN3O2. The average Bonchev–Trinajstić information content (AvgIpc) is 2.47. The summed E-state index contributed by atoms with van der Waals surface area (Å²) in [6.45, 7) is 1.51. The highest BCUT2D eigenvalue weighted by Gasteiger charge is 2.24. The molecule has 1 fully saturated rings. The van der Waals surface area contributed by atoms with E-state index in [4.69, 9.17) is 5.73 Å². The first-order chi connectivity index (χ1) is 9.93. The van der Waals surface area contributed by atoms with Crippen LogP contribution in [0, 0.1) is 5.82 Å². The van der Waals surface area contributed by atoms with Gasteiger partial charge in [-0.3, -0.25) is 0 Å². The van der Waals surface area contributed by atoms with Crippen LogP contribution in [0.2, 0.25) is 0 Å². The zero-order valence-corrected chi connectivity index (χ0v) is 12.7. The van der Waals surface area contributed by atoms with Crippen molar-refractivity contribution in [2.24, 2.45) is 0 Å². The minimum atomic E-state index is -0.545. The summed E-state index contributed by atoms with van der Waals surface area (Å²) in [6, 6.07) is 3.20. The lowest BCUT2D eigenvalue weighted by atomic mass is 10.0. The van der Waals surface area contributed by atoms with Crippen molar-refractivity contribution in [3.05, 3.63) is 23.5 Å². The van der Waals surface area contributed by atoms with E-state index >= 15 is 0 Å². The molecule has 1 heterocycles. The van der Waals surface area contributed by atoms with Gasteiger partial charge in [-0.2, -0.15) is 0 Å². The number of nitrogen functional groups attached to an aromatic ring is 1. The molecule has 1 aromatic carbocycles. The number of hydrogen-bond acceptors (Lipinski definition) is 5. The van der Waals surface area contributed by atoms with E-state index in [0.29, 0.717) is 11.7 Å². The number of methoxy groups -OCH3 is 1. The molecule has 0 atom stereocenters. The molecule has 1 saturated heterocycles. The maximum absolute atomic E-state index is 14.2. The van der Waals surface area contributed by atoms with Crippen molar-refractivity contribution in [3.8, 4) is 0 Å². The van der Waals surface area contributed by atoms with Crippen molar-refractivity contribution in [2.75, 3.05) is 44.9 Å². The molecule has 1 aliphatic rings. The number of nitrogens with zero attached hydrogens (tertiary/aromatic N) is 2. The van der Waals surface area contributed by atoms with E-state index in [-0.39, 0.29) is 11.3 Å². The fourth-order valence-electron chi connectivity index (χ4n) is 2.73. The molecule has 0 amide bonds. The van der Waals surface area contributed by atoms with Crippen LogP contribution < -0.4 is 10.6 Å². The molecule has 0 spiro atoms. The lowest BCUT2D eigenvalue weighted by Gasteiger charge is -2.36. The molecule has 1 aliphatic heterocycles. The van der Waals surface area contributed by atoms with Gasteiger partial charge >= 0.3 is 5.97 Å². The zero-order valence-electron chi connectivity index (χ0n) is 12.7. The van der Waals surface area contributed by atoms with E-state index in [1.807, 2.05) is 4.90 Å². The van der Waals surface area contributed by atoms with Crippen molar-refractivity contribution in [2.45, 2.75) is 18.9 Å². The highest BCUT2D eigenvalue weighted by Crippen LogP contribution is 2.29. The molecule has 0 saturated carbocycles. The quantitative estimate of drug-likeness (QED) is 0.680. The van der Waals surface area contributed by atoms with Crippen LogP contribution in [0.4, 0.5) is 15.8 Å². The van der Waals surface area contributed by atoms with E-state index in [2.05, 4.69) is 23.7 Å². The number of esters is 1. The number of hydrogen-bond donors (Lipinski definition) is 1. The third-order valence-electron chi connectivity index (χ3n) is 4.06. The minimum absolute atomic E-state index is 0.103. The third-order valence-corrected chi connectivity index (χ3v) is 4.06. The summed E-state index contributed by atoms with van der Waals surface area (Å²) in [7, 11) is 5.40. The van der Waals surface area contributed by atoms with Gasteiger partial charge < -0.3 is 20.3 Å². The SMILES string of the molecule is COC(=O)c1cc(N2CCC(N(C)C)CC2)c(F)cc1N. The van der Waals surface area contributed by atoms with E-state index in [9.17, 15) is 9.18 Å². The Labute approximate surface area is 124 Å². The van der Waals surface area contributed by atoms with Crippen molar-refractivity contribution >= 4 is 17.3 Å². The summed E-state index contributed by atoms with van der Waals surface area (Å²) in [5.41, 5.74) is 6.43.